The van der Waals surface area contributed by atoms with Crippen molar-refractivity contribution >= 4 is 17.3 Å². The summed E-state index contributed by atoms with van der Waals surface area (Å²) in [5.74, 6) is -0.128. The van der Waals surface area contributed by atoms with E-state index in [-0.39, 0.29) is 11.6 Å². The Balaban J connectivity index is 1.45. The predicted molar refractivity (Wildman–Crippen MR) is 117 cm³/mol. The lowest BCUT2D eigenvalue weighted by Gasteiger charge is -2.35. The third-order valence-corrected chi connectivity index (χ3v) is 5.55. The molecule has 0 radical (unpaired) electrons. The maximum absolute atomic E-state index is 13.1. The van der Waals surface area contributed by atoms with Gasteiger partial charge in [0.15, 0.2) is 5.69 Å². The highest BCUT2D eigenvalue weighted by molar-refractivity contribution is 5.93. The molecule has 1 amide bonds. The minimum absolute atomic E-state index is 0.0694. The van der Waals surface area contributed by atoms with Crippen molar-refractivity contribution in [1.82, 2.24) is 19.9 Å². The molecular formula is C22H24N6O3. The third-order valence-electron chi connectivity index (χ3n) is 5.55. The number of benzene rings is 2. The highest BCUT2D eigenvalue weighted by Gasteiger charge is 2.26. The van der Waals surface area contributed by atoms with E-state index in [1.165, 1.54) is 16.9 Å². The smallest absolute Gasteiger partial charge is 0.276 e. The second-order valence-corrected chi connectivity index (χ2v) is 7.77. The van der Waals surface area contributed by atoms with Gasteiger partial charge in [-0.3, -0.25) is 14.9 Å². The fraction of sp³-hybridized carbons (Fsp3) is 0.318. The number of carbonyl (C=O) groups is 1. The van der Waals surface area contributed by atoms with Crippen molar-refractivity contribution in [1.29, 1.82) is 0 Å². The molecule has 9 heteroatoms. The molecule has 0 atom stereocenters. The number of hydrogen-bond donors (Lipinski definition) is 0. The summed E-state index contributed by atoms with van der Waals surface area (Å²) in [6, 6.07) is 12.5. The van der Waals surface area contributed by atoms with Crippen molar-refractivity contribution in [2.75, 3.05) is 31.1 Å². The number of aromatic nitrogens is 3. The molecule has 4 rings (SSSR count). The Morgan fingerprint density at radius 3 is 2.26 bits per heavy atom. The number of nitrogens with zero attached hydrogens (tertiary/aromatic N) is 6. The first-order chi connectivity index (χ1) is 14.8. The molecule has 0 aliphatic carbocycles. The molecule has 0 N–H and O–H groups in total. The van der Waals surface area contributed by atoms with Gasteiger partial charge in [-0.2, -0.15) is 9.90 Å². The number of anilines is 1. The van der Waals surface area contributed by atoms with E-state index >= 15 is 0 Å². The fourth-order valence-electron chi connectivity index (χ4n) is 3.82. The van der Waals surface area contributed by atoms with Crippen LogP contribution in [0.15, 0.2) is 42.5 Å². The van der Waals surface area contributed by atoms with E-state index < -0.39 is 4.92 Å². The first kappa shape index (κ1) is 20.5. The van der Waals surface area contributed by atoms with Crippen LogP contribution in [0, 0.1) is 30.9 Å². The maximum Gasteiger partial charge on any atom is 0.276 e. The first-order valence-electron chi connectivity index (χ1n) is 10.1. The Hall–Kier alpha value is -3.75. The van der Waals surface area contributed by atoms with Gasteiger partial charge in [0, 0.05) is 44.0 Å². The van der Waals surface area contributed by atoms with Crippen molar-refractivity contribution in [2.24, 2.45) is 0 Å². The molecule has 1 saturated heterocycles. The molecule has 0 spiro atoms. The van der Waals surface area contributed by atoms with Gasteiger partial charge in [-0.25, -0.2) is 0 Å². The van der Waals surface area contributed by atoms with Crippen LogP contribution in [0.5, 0.6) is 0 Å². The lowest BCUT2D eigenvalue weighted by atomic mass is 10.1. The van der Waals surface area contributed by atoms with Crippen LogP contribution in [0.25, 0.3) is 5.69 Å². The molecule has 3 aromatic rings. The fourth-order valence-corrected chi connectivity index (χ4v) is 3.82. The van der Waals surface area contributed by atoms with Crippen LogP contribution in [0.3, 0.4) is 0 Å². The van der Waals surface area contributed by atoms with E-state index in [1.54, 1.807) is 24.0 Å². The van der Waals surface area contributed by atoms with Gasteiger partial charge < -0.3 is 9.80 Å². The van der Waals surface area contributed by atoms with Gasteiger partial charge in [0.25, 0.3) is 11.6 Å². The van der Waals surface area contributed by atoms with Gasteiger partial charge >= 0.3 is 0 Å². The van der Waals surface area contributed by atoms with Gasteiger partial charge in [0.2, 0.25) is 0 Å². The number of rotatable bonds is 4. The van der Waals surface area contributed by atoms with Crippen LogP contribution in [0.1, 0.15) is 27.3 Å². The molecule has 31 heavy (non-hydrogen) atoms. The number of nitro groups is 1. The maximum atomic E-state index is 13.1. The van der Waals surface area contributed by atoms with Crippen molar-refractivity contribution in [3.63, 3.8) is 0 Å². The molecule has 0 saturated carbocycles. The van der Waals surface area contributed by atoms with E-state index in [9.17, 15) is 14.9 Å². The SMILES string of the molecule is Cc1ccc(-n2nc(C)c(C(=O)N3CCN(c4ccc([N+](=O)[O-])cc4)CC3)n2)c(C)c1. The van der Waals surface area contributed by atoms with Crippen LogP contribution < -0.4 is 4.90 Å². The summed E-state index contributed by atoms with van der Waals surface area (Å²) in [4.78, 5) is 28.9. The molecule has 9 nitrogen and oxygen atoms in total. The Kier molecular flexibility index (Phi) is 5.41. The molecule has 2 aromatic carbocycles. The largest absolute Gasteiger partial charge is 0.368 e. The Morgan fingerprint density at radius 2 is 1.65 bits per heavy atom. The normalized spacial score (nSPS) is 14.0. The molecule has 1 aliphatic rings. The molecular weight excluding hydrogens is 396 g/mol. The van der Waals surface area contributed by atoms with E-state index in [1.807, 2.05) is 26.0 Å². The Morgan fingerprint density at radius 1 is 0.968 bits per heavy atom. The second kappa shape index (κ2) is 8.17. The van der Waals surface area contributed by atoms with Crippen molar-refractivity contribution in [2.45, 2.75) is 20.8 Å². The quantitative estimate of drug-likeness (QED) is 0.475. The molecule has 2 heterocycles. The number of non-ortho nitro benzene ring substituents is 1. The first-order valence-corrected chi connectivity index (χ1v) is 10.1. The Bertz CT molecular complexity index is 1130. The minimum Gasteiger partial charge on any atom is -0.368 e. The van der Waals surface area contributed by atoms with Crippen molar-refractivity contribution in [3.05, 3.63) is 75.1 Å². The summed E-state index contributed by atoms with van der Waals surface area (Å²) in [6.45, 7) is 8.22. The number of aryl methyl sites for hydroxylation is 3. The van der Waals surface area contributed by atoms with E-state index in [4.69, 9.17) is 0 Å². The molecule has 160 valence electrons. The number of nitro benzene ring substituents is 1. The molecule has 1 aliphatic heterocycles. The minimum atomic E-state index is -0.409. The van der Waals surface area contributed by atoms with Crippen molar-refractivity contribution < 1.29 is 9.72 Å². The lowest BCUT2D eigenvalue weighted by molar-refractivity contribution is -0.384. The summed E-state index contributed by atoms with van der Waals surface area (Å²) < 4.78 is 0. The zero-order chi connectivity index (χ0) is 22.1. The number of carbonyl (C=O) groups excluding carboxylic acids is 1. The van der Waals surface area contributed by atoms with Crippen LogP contribution in [0.4, 0.5) is 11.4 Å². The van der Waals surface area contributed by atoms with Crippen molar-refractivity contribution in [3.8, 4) is 5.69 Å². The summed E-state index contributed by atoms with van der Waals surface area (Å²) in [5, 5.41) is 19.8. The highest BCUT2D eigenvalue weighted by atomic mass is 16.6. The zero-order valence-electron chi connectivity index (χ0n) is 17.8. The zero-order valence-corrected chi connectivity index (χ0v) is 17.8. The Labute approximate surface area is 180 Å². The molecule has 1 aromatic heterocycles. The predicted octanol–water partition coefficient (Wildman–Crippen LogP) is 3.06. The van der Waals surface area contributed by atoms with Gasteiger partial charge in [0.1, 0.15) is 0 Å². The standard InChI is InChI=1S/C22H24N6O3/c1-15-4-9-20(16(2)14-15)27-23-17(3)21(24-27)22(29)26-12-10-25(11-13-26)18-5-7-19(8-6-18)28(30)31/h4-9,14H,10-13H2,1-3H3. The second-order valence-electron chi connectivity index (χ2n) is 7.77. The average Bonchev–Trinajstić information content (AvgIpc) is 3.14. The van der Waals surface area contributed by atoms with Gasteiger partial charge in [-0.15, -0.1) is 5.10 Å². The molecule has 0 unspecified atom stereocenters. The summed E-state index contributed by atoms with van der Waals surface area (Å²) in [5.41, 5.74) is 5.01. The average molecular weight is 420 g/mol. The van der Waals surface area contributed by atoms with Gasteiger partial charge in [-0.1, -0.05) is 17.7 Å². The summed E-state index contributed by atoms with van der Waals surface area (Å²) in [7, 11) is 0. The summed E-state index contributed by atoms with van der Waals surface area (Å²) >= 11 is 0. The number of amides is 1. The number of hydrogen-bond acceptors (Lipinski definition) is 6. The van der Waals surface area contributed by atoms with Crippen LogP contribution in [0.2, 0.25) is 0 Å². The topological polar surface area (TPSA) is 97.4 Å². The van der Waals surface area contributed by atoms with E-state index in [2.05, 4.69) is 21.2 Å². The summed E-state index contributed by atoms with van der Waals surface area (Å²) in [6.07, 6.45) is 0. The van der Waals surface area contributed by atoms with Gasteiger partial charge in [-0.05, 0) is 44.5 Å². The number of piperazine rings is 1. The molecule has 0 bridgehead atoms. The van der Waals surface area contributed by atoms with Gasteiger partial charge in [0.05, 0.1) is 16.3 Å². The van der Waals surface area contributed by atoms with E-state index in [0.29, 0.717) is 37.6 Å². The lowest BCUT2D eigenvalue weighted by Crippen LogP contribution is -2.49. The molecule has 1 fully saturated rings. The van der Waals surface area contributed by atoms with Crippen LogP contribution >= 0.6 is 0 Å². The van der Waals surface area contributed by atoms with E-state index in [0.717, 1.165) is 22.5 Å². The third kappa shape index (κ3) is 4.11. The van der Waals surface area contributed by atoms with Crippen LogP contribution in [-0.2, 0) is 0 Å². The monoisotopic (exact) mass is 420 g/mol. The highest BCUT2D eigenvalue weighted by Crippen LogP contribution is 2.22. The van der Waals surface area contributed by atoms with Crippen LogP contribution in [-0.4, -0.2) is 56.9 Å².